The van der Waals surface area contributed by atoms with Gasteiger partial charge in [0.1, 0.15) is 0 Å². The van der Waals surface area contributed by atoms with Crippen molar-refractivity contribution in [2.75, 3.05) is 30.5 Å². The molecule has 0 amide bonds. The second-order valence-corrected chi connectivity index (χ2v) is 5.60. The molecular formula is C8H15ClN4O3S. The first-order valence-corrected chi connectivity index (χ1v) is 7.51. The van der Waals surface area contributed by atoms with E-state index in [1.807, 2.05) is 0 Å². The lowest BCUT2D eigenvalue weighted by atomic mass is 10.4. The lowest BCUT2D eigenvalue weighted by Crippen LogP contribution is -2.24. The van der Waals surface area contributed by atoms with Crippen molar-refractivity contribution in [2.24, 2.45) is 0 Å². The van der Waals surface area contributed by atoms with Crippen molar-refractivity contribution in [3.63, 3.8) is 0 Å². The third-order valence-electron chi connectivity index (χ3n) is 1.77. The SMILES string of the molecule is CS(=O)(=O)NCCCNc1nnc(CCCl)o1. The van der Waals surface area contributed by atoms with Crippen molar-refractivity contribution in [1.29, 1.82) is 0 Å². The van der Waals surface area contributed by atoms with Crippen LogP contribution in [0, 0.1) is 0 Å². The van der Waals surface area contributed by atoms with E-state index in [0.717, 1.165) is 6.26 Å². The van der Waals surface area contributed by atoms with Gasteiger partial charge in [-0.15, -0.1) is 16.7 Å². The van der Waals surface area contributed by atoms with Gasteiger partial charge in [-0.3, -0.25) is 0 Å². The van der Waals surface area contributed by atoms with Gasteiger partial charge in [0, 0.05) is 25.4 Å². The van der Waals surface area contributed by atoms with Crippen LogP contribution in [0.1, 0.15) is 12.3 Å². The van der Waals surface area contributed by atoms with E-state index in [0.29, 0.717) is 43.7 Å². The highest BCUT2D eigenvalue weighted by molar-refractivity contribution is 7.88. The Balaban J connectivity index is 2.17. The van der Waals surface area contributed by atoms with Crippen molar-refractivity contribution < 1.29 is 12.8 Å². The lowest BCUT2D eigenvalue weighted by Gasteiger charge is -2.02. The van der Waals surface area contributed by atoms with Crippen LogP contribution in [-0.2, 0) is 16.4 Å². The second kappa shape index (κ2) is 6.77. The minimum Gasteiger partial charge on any atom is -0.408 e. The summed E-state index contributed by atoms with van der Waals surface area (Å²) in [5.74, 6) is 0.914. The van der Waals surface area contributed by atoms with E-state index in [-0.39, 0.29) is 0 Å². The molecule has 0 aliphatic rings. The molecule has 0 radical (unpaired) electrons. The molecule has 0 spiro atoms. The smallest absolute Gasteiger partial charge is 0.315 e. The molecule has 2 N–H and O–H groups in total. The van der Waals surface area contributed by atoms with Gasteiger partial charge in [0.15, 0.2) is 0 Å². The van der Waals surface area contributed by atoms with Crippen LogP contribution in [0.5, 0.6) is 0 Å². The number of anilines is 1. The average Bonchev–Trinajstić information content (AvgIpc) is 2.64. The predicted molar refractivity (Wildman–Crippen MR) is 64.7 cm³/mol. The molecule has 0 bridgehead atoms. The number of aromatic nitrogens is 2. The highest BCUT2D eigenvalue weighted by atomic mass is 35.5. The molecule has 0 saturated heterocycles. The topological polar surface area (TPSA) is 97.1 Å². The van der Waals surface area contributed by atoms with Crippen LogP contribution in [0.2, 0.25) is 0 Å². The zero-order valence-electron chi connectivity index (χ0n) is 9.44. The third-order valence-corrected chi connectivity index (χ3v) is 2.69. The van der Waals surface area contributed by atoms with E-state index < -0.39 is 10.0 Å². The molecule has 98 valence electrons. The van der Waals surface area contributed by atoms with Gasteiger partial charge in [-0.1, -0.05) is 5.10 Å². The molecule has 0 fully saturated rings. The van der Waals surface area contributed by atoms with E-state index in [1.54, 1.807) is 0 Å². The van der Waals surface area contributed by atoms with Gasteiger partial charge in [0.2, 0.25) is 15.9 Å². The number of rotatable bonds is 8. The van der Waals surface area contributed by atoms with Crippen LogP contribution in [0.3, 0.4) is 0 Å². The molecule has 1 heterocycles. The zero-order valence-corrected chi connectivity index (χ0v) is 11.0. The van der Waals surface area contributed by atoms with Gasteiger partial charge < -0.3 is 9.73 Å². The van der Waals surface area contributed by atoms with Gasteiger partial charge in [0.25, 0.3) is 0 Å². The molecule has 0 aliphatic carbocycles. The molecule has 0 atom stereocenters. The Hall–Kier alpha value is -0.860. The Kier molecular flexibility index (Phi) is 5.66. The Morgan fingerprint density at radius 1 is 1.35 bits per heavy atom. The summed E-state index contributed by atoms with van der Waals surface area (Å²) in [6.45, 7) is 0.916. The Bertz CT molecular complexity index is 434. The van der Waals surface area contributed by atoms with Crippen LogP contribution in [0.25, 0.3) is 0 Å². The van der Waals surface area contributed by atoms with E-state index >= 15 is 0 Å². The van der Waals surface area contributed by atoms with Crippen molar-refractivity contribution in [3.05, 3.63) is 5.89 Å². The normalized spacial score (nSPS) is 11.6. The first kappa shape index (κ1) is 14.2. The fourth-order valence-electron chi connectivity index (χ4n) is 1.05. The summed E-state index contributed by atoms with van der Waals surface area (Å²) in [5.41, 5.74) is 0. The minimum atomic E-state index is -3.12. The molecule has 0 unspecified atom stereocenters. The number of halogens is 1. The summed E-state index contributed by atoms with van der Waals surface area (Å²) in [5, 5.41) is 10.4. The van der Waals surface area contributed by atoms with Crippen LogP contribution in [0.15, 0.2) is 4.42 Å². The summed E-state index contributed by atoms with van der Waals surface area (Å²) >= 11 is 5.52. The predicted octanol–water partition coefficient (Wildman–Crippen LogP) is 0.202. The molecule has 0 aromatic carbocycles. The van der Waals surface area contributed by atoms with Crippen LogP contribution in [0.4, 0.5) is 6.01 Å². The number of hydrogen-bond acceptors (Lipinski definition) is 6. The monoisotopic (exact) mass is 282 g/mol. The van der Waals surface area contributed by atoms with Crippen molar-refractivity contribution >= 4 is 27.6 Å². The molecule has 0 aliphatic heterocycles. The van der Waals surface area contributed by atoms with Gasteiger partial charge in [-0.2, -0.15) is 0 Å². The maximum atomic E-state index is 10.8. The number of nitrogens with zero attached hydrogens (tertiary/aromatic N) is 2. The van der Waals surface area contributed by atoms with E-state index in [9.17, 15) is 8.42 Å². The molecule has 17 heavy (non-hydrogen) atoms. The van der Waals surface area contributed by atoms with Gasteiger partial charge in [-0.05, 0) is 6.42 Å². The number of aryl methyl sites for hydroxylation is 1. The highest BCUT2D eigenvalue weighted by Crippen LogP contribution is 2.06. The number of sulfonamides is 1. The first-order chi connectivity index (χ1) is 8.01. The fraction of sp³-hybridized carbons (Fsp3) is 0.750. The van der Waals surface area contributed by atoms with Crippen molar-refractivity contribution in [2.45, 2.75) is 12.8 Å². The summed E-state index contributed by atoms with van der Waals surface area (Å²) < 4.78 is 29.1. The van der Waals surface area contributed by atoms with Crippen molar-refractivity contribution in [3.8, 4) is 0 Å². The summed E-state index contributed by atoms with van der Waals surface area (Å²) in [7, 11) is -3.12. The zero-order chi connectivity index (χ0) is 12.7. The quantitative estimate of drug-likeness (QED) is 0.522. The maximum absolute atomic E-state index is 10.8. The standard InChI is InChI=1S/C8H15ClN4O3S/c1-17(14,15)11-6-2-5-10-8-13-12-7(16-8)3-4-9/h11H,2-6H2,1H3,(H,10,13). The second-order valence-electron chi connectivity index (χ2n) is 3.39. The number of hydrogen-bond donors (Lipinski definition) is 2. The van der Waals surface area contributed by atoms with Gasteiger partial charge in [-0.25, -0.2) is 13.1 Å². The van der Waals surface area contributed by atoms with Gasteiger partial charge in [0.05, 0.1) is 6.26 Å². The Labute approximate surface area is 105 Å². The van der Waals surface area contributed by atoms with Crippen LogP contribution >= 0.6 is 11.6 Å². The van der Waals surface area contributed by atoms with E-state index in [2.05, 4.69) is 20.2 Å². The van der Waals surface area contributed by atoms with Crippen LogP contribution < -0.4 is 10.0 Å². The molecule has 0 saturated carbocycles. The first-order valence-electron chi connectivity index (χ1n) is 5.08. The molecule has 1 rings (SSSR count). The molecule has 1 aromatic rings. The highest BCUT2D eigenvalue weighted by Gasteiger charge is 2.04. The largest absolute Gasteiger partial charge is 0.408 e. The molecule has 9 heteroatoms. The Morgan fingerprint density at radius 3 is 2.76 bits per heavy atom. The fourth-order valence-corrected chi connectivity index (χ4v) is 1.72. The summed E-state index contributed by atoms with van der Waals surface area (Å²) in [4.78, 5) is 0. The maximum Gasteiger partial charge on any atom is 0.315 e. The average molecular weight is 283 g/mol. The molecular weight excluding hydrogens is 268 g/mol. The summed E-state index contributed by atoms with van der Waals surface area (Å²) in [6.07, 6.45) is 2.28. The lowest BCUT2D eigenvalue weighted by molar-refractivity contribution is 0.511. The van der Waals surface area contributed by atoms with Crippen LogP contribution in [-0.4, -0.2) is 43.8 Å². The molecule has 1 aromatic heterocycles. The molecule has 7 nitrogen and oxygen atoms in total. The number of alkyl halides is 1. The Morgan fingerprint density at radius 2 is 2.12 bits per heavy atom. The third kappa shape index (κ3) is 6.44. The number of nitrogens with one attached hydrogen (secondary N) is 2. The minimum absolute atomic E-state index is 0.324. The van der Waals surface area contributed by atoms with E-state index in [1.165, 1.54) is 0 Å². The van der Waals surface area contributed by atoms with E-state index in [4.69, 9.17) is 16.0 Å². The summed E-state index contributed by atoms with van der Waals surface area (Å²) in [6, 6.07) is 0.324. The van der Waals surface area contributed by atoms with Gasteiger partial charge >= 0.3 is 6.01 Å². The van der Waals surface area contributed by atoms with Crippen molar-refractivity contribution in [1.82, 2.24) is 14.9 Å².